The van der Waals surface area contributed by atoms with Crippen LogP contribution in [0.3, 0.4) is 0 Å². The number of nitrogens with two attached hydrogens (primary N) is 2. The third-order valence-corrected chi connectivity index (χ3v) is 9.12. The van der Waals surface area contributed by atoms with Crippen LogP contribution in [0.2, 0.25) is 0 Å². The summed E-state index contributed by atoms with van der Waals surface area (Å²) in [5, 5.41) is 32.1. The van der Waals surface area contributed by atoms with E-state index >= 15 is 0 Å². The Balaban J connectivity index is 3.14. The maximum Gasteiger partial charge on any atom is 0.327 e. The van der Waals surface area contributed by atoms with Crippen molar-refractivity contribution in [3.05, 3.63) is 35.9 Å². The minimum atomic E-state index is -1.78. The van der Waals surface area contributed by atoms with Crippen molar-refractivity contribution in [2.45, 2.75) is 127 Å². The number of amides is 3. The molecule has 0 unspecified atom stereocenters. The Labute approximate surface area is 287 Å². The van der Waals surface area contributed by atoms with Crippen LogP contribution in [0, 0.1) is 0 Å². The highest BCUT2D eigenvalue weighted by molar-refractivity contribution is 7.99. The number of carbonyl (C=O) groups is 6. The number of carbonyl (C=O) groups excluding carboxylic acids is 3. The number of primary amides is 1. The monoisotopic (exact) mass is 694 g/mol. The van der Waals surface area contributed by atoms with Crippen LogP contribution in [0.15, 0.2) is 30.3 Å². The Bertz CT molecular complexity index is 1150. The fourth-order valence-electron chi connectivity index (χ4n) is 5.28. The fraction of sp³-hybridized carbons (Fsp3) is 0.647. The highest BCUT2D eigenvalue weighted by atomic mass is 32.2. The van der Waals surface area contributed by atoms with Gasteiger partial charge in [0.2, 0.25) is 17.7 Å². The molecule has 4 atom stereocenters. The van der Waals surface area contributed by atoms with E-state index in [9.17, 15) is 39.0 Å². The molecule has 14 heteroatoms. The summed E-state index contributed by atoms with van der Waals surface area (Å²) in [6.07, 6.45) is 11.3. The lowest BCUT2D eigenvalue weighted by atomic mass is 10.00. The number of aliphatic carboxylic acids is 3. The molecule has 0 saturated carbocycles. The van der Waals surface area contributed by atoms with Gasteiger partial charge in [-0.3, -0.25) is 19.2 Å². The zero-order valence-electron chi connectivity index (χ0n) is 28.0. The number of hydrogen-bond donors (Lipinski definition) is 6. The minimum Gasteiger partial charge on any atom is -0.480 e. The van der Waals surface area contributed by atoms with Gasteiger partial charge in [0.1, 0.15) is 24.2 Å². The molecule has 1 rings (SSSR count). The summed E-state index contributed by atoms with van der Waals surface area (Å²) in [6.45, 7) is 2.19. The molecular formula is C34H54N4O9S. The summed E-state index contributed by atoms with van der Waals surface area (Å²) in [5.41, 5.74) is 11.4. The lowest BCUT2D eigenvalue weighted by Gasteiger charge is -2.36. The quantitative estimate of drug-likeness (QED) is 0.0695. The van der Waals surface area contributed by atoms with Crippen molar-refractivity contribution in [1.29, 1.82) is 0 Å². The highest BCUT2D eigenvalue weighted by Crippen LogP contribution is 2.21. The topological polar surface area (TPSA) is 230 Å². The molecule has 13 nitrogen and oxygen atoms in total. The van der Waals surface area contributed by atoms with Crippen LogP contribution in [-0.4, -0.2) is 91.5 Å². The van der Waals surface area contributed by atoms with Crippen molar-refractivity contribution >= 4 is 47.4 Å². The first kappa shape index (κ1) is 42.4. The SMILES string of the molecule is CCCCCCCCCCCCCC(=O)N[C@@H](Cc1ccccc1)C(=O)N([C@H](CCC(N)=O)C(=O)O)[C@H](CSC[C@H](N)C(=O)O)C(=O)O. The third-order valence-electron chi connectivity index (χ3n) is 7.97. The second-order valence-corrected chi connectivity index (χ2v) is 13.1. The Morgan fingerprint density at radius 3 is 1.79 bits per heavy atom. The Morgan fingerprint density at radius 1 is 0.750 bits per heavy atom. The van der Waals surface area contributed by atoms with E-state index in [0.29, 0.717) is 16.9 Å². The van der Waals surface area contributed by atoms with Gasteiger partial charge in [-0.2, -0.15) is 11.8 Å². The van der Waals surface area contributed by atoms with Gasteiger partial charge in [-0.15, -0.1) is 0 Å². The van der Waals surface area contributed by atoms with E-state index in [4.69, 9.17) is 16.6 Å². The molecule has 0 fully saturated rings. The van der Waals surface area contributed by atoms with Gasteiger partial charge in [0.05, 0.1) is 0 Å². The maximum absolute atomic E-state index is 14.2. The van der Waals surface area contributed by atoms with Crippen LogP contribution < -0.4 is 16.8 Å². The summed E-state index contributed by atoms with van der Waals surface area (Å²) in [7, 11) is 0. The van der Waals surface area contributed by atoms with Gasteiger partial charge in [0.15, 0.2) is 0 Å². The molecule has 0 spiro atoms. The Kier molecular flexibility index (Phi) is 21.6. The lowest BCUT2D eigenvalue weighted by molar-refractivity contribution is -0.160. The third kappa shape index (κ3) is 17.5. The smallest absolute Gasteiger partial charge is 0.327 e. The number of nitrogens with one attached hydrogen (secondary N) is 1. The first-order valence-electron chi connectivity index (χ1n) is 16.8. The van der Waals surface area contributed by atoms with Crippen molar-refractivity contribution in [3.8, 4) is 0 Å². The normalized spacial score (nSPS) is 13.5. The first-order chi connectivity index (χ1) is 22.9. The molecule has 0 heterocycles. The van der Waals surface area contributed by atoms with Crippen LogP contribution in [0.5, 0.6) is 0 Å². The molecule has 0 saturated heterocycles. The molecular weight excluding hydrogens is 640 g/mol. The summed E-state index contributed by atoms with van der Waals surface area (Å²) in [6, 6.07) is 2.51. The molecule has 1 aromatic rings. The standard InChI is InChI=1S/C34H54N4O9S/c1-2-3-4-5-6-7-8-9-10-11-15-18-30(40)37-26(21-24-16-13-12-14-17-24)31(41)38(27(33(44)45)19-20-29(36)39)28(34(46)47)23-48-22-25(35)32(42)43/h12-14,16-17,25-28H,2-11,15,18-23,35H2,1H3,(H2,36,39)(H,37,40)(H,42,43)(H,44,45)(H,46,47)/t25-,26-,27+,28+/m0/s1. The predicted octanol–water partition coefficient (Wildman–Crippen LogP) is 3.56. The van der Waals surface area contributed by atoms with E-state index in [0.717, 1.165) is 37.4 Å². The van der Waals surface area contributed by atoms with Gasteiger partial charge in [-0.05, 0) is 18.4 Å². The molecule has 0 aliphatic rings. The number of benzene rings is 1. The predicted molar refractivity (Wildman–Crippen MR) is 184 cm³/mol. The summed E-state index contributed by atoms with van der Waals surface area (Å²) in [4.78, 5) is 75.7. The van der Waals surface area contributed by atoms with E-state index in [2.05, 4.69) is 12.2 Å². The Morgan fingerprint density at radius 2 is 1.29 bits per heavy atom. The summed E-state index contributed by atoms with van der Waals surface area (Å²) in [5.74, 6) is -7.25. The van der Waals surface area contributed by atoms with Crippen molar-refractivity contribution in [2.75, 3.05) is 11.5 Å². The van der Waals surface area contributed by atoms with Crippen LogP contribution >= 0.6 is 11.8 Å². The molecule has 0 aromatic heterocycles. The average molecular weight is 695 g/mol. The van der Waals surface area contributed by atoms with Gasteiger partial charge in [-0.25, -0.2) is 9.59 Å². The zero-order chi connectivity index (χ0) is 35.9. The lowest BCUT2D eigenvalue weighted by Crippen LogP contribution is -2.60. The molecule has 270 valence electrons. The summed E-state index contributed by atoms with van der Waals surface area (Å²) < 4.78 is 0. The number of hydrogen-bond acceptors (Lipinski definition) is 8. The van der Waals surface area contributed by atoms with E-state index in [1.165, 1.54) is 38.5 Å². The molecule has 3 amide bonds. The van der Waals surface area contributed by atoms with Crippen LogP contribution in [0.25, 0.3) is 0 Å². The second kappa shape index (κ2) is 24.5. The van der Waals surface area contributed by atoms with Crippen molar-refractivity contribution in [2.24, 2.45) is 11.5 Å². The average Bonchev–Trinajstić information content (AvgIpc) is 3.03. The van der Waals surface area contributed by atoms with Gasteiger partial charge in [0.25, 0.3) is 0 Å². The van der Waals surface area contributed by atoms with Gasteiger partial charge < -0.3 is 37.0 Å². The molecule has 0 bridgehead atoms. The van der Waals surface area contributed by atoms with Gasteiger partial charge >= 0.3 is 17.9 Å². The van der Waals surface area contributed by atoms with E-state index in [-0.39, 0.29) is 18.6 Å². The second-order valence-electron chi connectivity index (χ2n) is 12.0. The molecule has 0 aliphatic carbocycles. The number of unbranched alkanes of at least 4 members (excludes halogenated alkanes) is 10. The van der Waals surface area contributed by atoms with Gasteiger partial charge in [0, 0.05) is 30.8 Å². The number of thioether (sulfide) groups is 1. The molecule has 1 aromatic carbocycles. The van der Waals surface area contributed by atoms with Crippen LogP contribution in [0.1, 0.15) is 102 Å². The van der Waals surface area contributed by atoms with E-state index in [1.54, 1.807) is 30.3 Å². The molecule has 0 aliphatic heterocycles. The van der Waals surface area contributed by atoms with Crippen molar-refractivity contribution in [3.63, 3.8) is 0 Å². The first-order valence-corrected chi connectivity index (χ1v) is 18.0. The Hall–Kier alpha value is -3.65. The maximum atomic E-state index is 14.2. The highest BCUT2D eigenvalue weighted by Gasteiger charge is 2.42. The number of carboxylic acids is 3. The van der Waals surface area contributed by atoms with Crippen LogP contribution in [0.4, 0.5) is 0 Å². The van der Waals surface area contributed by atoms with E-state index in [1.807, 2.05) is 0 Å². The zero-order valence-corrected chi connectivity index (χ0v) is 28.8. The summed E-state index contributed by atoms with van der Waals surface area (Å²) >= 11 is 0.827. The molecule has 0 radical (unpaired) electrons. The fourth-order valence-corrected chi connectivity index (χ4v) is 6.34. The number of nitrogens with zero attached hydrogens (tertiary/aromatic N) is 1. The molecule has 8 N–H and O–H groups in total. The van der Waals surface area contributed by atoms with Gasteiger partial charge in [-0.1, -0.05) is 101 Å². The molecule has 48 heavy (non-hydrogen) atoms. The van der Waals surface area contributed by atoms with Crippen molar-refractivity contribution < 1.29 is 44.1 Å². The minimum absolute atomic E-state index is 0.0499. The number of rotatable bonds is 28. The largest absolute Gasteiger partial charge is 0.480 e. The van der Waals surface area contributed by atoms with Crippen LogP contribution in [-0.2, 0) is 35.2 Å². The number of carboxylic acid groups (broad SMARTS) is 3. The van der Waals surface area contributed by atoms with E-state index < -0.39 is 78.4 Å². The van der Waals surface area contributed by atoms with Crippen molar-refractivity contribution in [1.82, 2.24) is 10.2 Å².